The fourth-order valence-electron chi connectivity index (χ4n) is 2.79. The predicted molar refractivity (Wildman–Crippen MR) is 85.6 cm³/mol. The fourth-order valence-corrected chi connectivity index (χ4v) is 2.79. The van der Waals surface area contributed by atoms with Crippen LogP contribution in [0.3, 0.4) is 0 Å². The van der Waals surface area contributed by atoms with Crippen molar-refractivity contribution in [1.82, 2.24) is 14.8 Å². The molecule has 0 aromatic carbocycles. The van der Waals surface area contributed by atoms with E-state index in [0.717, 1.165) is 50.3 Å². The van der Waals surface area contributed by atoms with E-state index in [1.807, 2.05) is 17.0 Å². The fraction of sp³-hybridized carbons (Fsp3) is 0.625. The summed E-state index contributed by atoms with van der Waals surface area (Å²) in [5.74, 6) is 0.910. The number of likely N-dealkylation sites (N-methyl/N-ethyl adjacent to an activating group) is 1. The minimum Gasteiger partial charge on any atom is -0.370 e. The van der Waals surface area contributed by atoms with Crippen molar-refractivity contribution in [3.8, 4) is 0 Å². The minimum absolute atomic E-state index is 0.126. The van der Waals surface area contributed by atoms with Gasteiger partial charge in [-0.15, -0.1) is 0 Å². The van der Waals surface area contributed by atoms with Crippen molar-refractivity contribution < 1.29 is 4.79 Å². The van der Waals surface area contributed by atoms with Crippen LogP contribution in [0.15, 0.2) is 18.3 Å². The molecule has 0 bridgehead atoms. The second-order valence-electron chi connectivity index (χ2n) is 5.91. The number of amides is 1. The molecule has 21 heavy (non-hydrogen) atoms. The number of aromatic nitrogens is 1. The number of likely N-dealkylation sites (tertiary alicyclic amines) is 1. The monoisotopic (exact) mass is 290 g/mol. The van der Waals surface area contributed by atoms with Crippen LogP contribution >= 0.6 is 0 Å². The largest absolute Gasteiger partial charge is 0.370 e. The first-order chi connectivity index (χ1) is 10.1. The summed E-state index contributed by atoms with van der Waals surface area (Å²) >= 11 is 0. The van der Waals surface area contributed by atoms with E-state index in [2.05, 4.69) is 36.2 Å². The number of hydrogen-bond acceptors (Lipinski definition) is 4. The highest BCUT2D eigenvalue weighted by atomic mass is 16.2. The molecule has 1 aliphatic rings. The lowest BCUT2D eigenvalue weighted by Gasteiger charge is -2.27. The smallest absolute Gasteiger partial charge is 0.254 e. The van der Waals surface area contributed by atoms with E-state index in [9.17, 15) is 4.79 Å². The molecular weight excluding hydrogens is 264 g/mol. The van der Waals surface area contributed by atoms with Crippen molar-refractivity contribution in [2.75, 3.05) is 39.0 Å². The van der Waals surface area contributed by atoms with E-state index in [1.54, 1.807) is 6.20 Å². The second-order valence-corrected chi connectivity index (χ2v) is 5.91. The lowest BCUT2D eigenvalue weighted by Crippen LogP contribution is -2.41. The number of anilines is 1. The third kappa shape index (κ3) is 4.17. The van der Waals surface area contributed by atoms with E-state index in [-0.39, 0.29) is 5.91 Å². The molecule has 0 radical (unpaired) electrons. The van der Waals surface area contributed by atoms with Crippen molar-refractivity contribution >= 4 is 11.7 Å². The molecule has 0 aliphatic carbocycles. The van der Waals surface area contributed by atoms with Gasteiger partial charge < -0.3 is 15.1 Å². The van der Waals surface area contributed by atoms with Crippen LogP contribution < -0.4 is 5.32 Å². The van der Waals surface area contributed by atoms with E-state index >= 15 is 0 Å². The Balaban J connectivity index is 2.08. The van der Waals surface area contributed by atoms with Crippen LogP contribution in [0.1, 0.15) is 36.5 Å². The number of rotatable bonds is 6. The average molecular weight is 290 g/mol. The maximum atomic E-state index is 12.7. The normalized spacial score (nSPS) is 18.3. The highest BCUT2D eigenvalue weighted by Crippen LogP contribution is 2.21. The maximum absolute atomic E-state index is 12.7. The summed E-state index contributed by atoms with van der Waals surface area (Å²) in [6.45, 7) is 4.77. The Morgan fingerprint density at radius 1 is 1.52 bits per heavy atom. The standard InChI is InChI=1S/C16H26N4O/c1-4-8-17-15-11-13(7-9-18-15)16(21)20-10-5-6-14(20)12-19(2)3/h7,9,11,14H,4-6,8,10,12H2,1-3H3,(H,17,18). The van der Waals surface area contributed by atoms with Gasteiger partial charge in [0, 0.05) is 37.4 Å². The molecular formula is C16H26N4O. The van der Waals surface area contributed by atoms with E-state index in [1.165, 1.54) is 0 Å². The molecule has 2 rings (SSSR count). The Kier molecular flexibility index (Phi) is 5.56. The number of nitrogens with zero attached hydrogens (tertiary/aromatic N) is 3. The van der Waals surface area contributed by atoms with E-state index < -0.39 is 0 Å². The number of hydrogen-bond donors (Lipinski definition) is 1. The molecule has 1 amide bonds. The molecule has 5 heteroatoms. The minimum atomic E-state index is 0.126. The zero-order valence-corrected chi connectivity index (χ0v) is 13.3. The van der Waals surface area contributed by atoms with Crippen LogP contribution in [0.2, 0.25) is 0 Å². The van der Waals surface area contributed by atoms with Crippen LogP contribution in [-0.2, 0) is 0 Å². The summed E-state index contributed by atoms with van der Waals surface area (Å²) in [6, 6.07) is 4.00. The van der Waals surface area contributed by atoms with Crippen LogP contribution in [0.4, 0.5) is 5.82 Å². The lowest BCUT2D eigenvalue weighted by atomic mass is 10.2. The van der Waals surface area contributed by atoms with Crippen molar-refractivity contribution in [2.24, 2.45) is 0 Å². The SMILES string of the molecule is CCCNc1cc(C(=O)N2CCCC2CN(C)C)ccn1. The molecule has 5 nitrogen and oxygen atoms in total. The van der Waals surface area contributed by atoms with Gasteiger partial charge in [-0.2, -0.15) is 0 Å². The first kappa shape index (κ1) is 15.8. The molecule has 1 N–H and O–H groups in total. The Labute approximate surface area is 127 Å². The number of carbonyl (C=O) groups is 1. The first-order valence-electron chi connectivity index (χ1n) is 7.77. The van der Waals surface area contributed by atoms with Gasteiger partial charge in [0.25, 0.3) is 5.91 Å². The summed E-state index contributed by atoms with van der Waals surface area (Å²) < 4.78 is 0. The third-order valence-electron chi connectivity index (χ3n) is 3.78. The zero-order valence-electron chi connectivity index (χ0n) is 13.3. The quantitative estimate of drug-likeness (QED) is 0.871. The Morgan fingerprint density at radius 3 is 3.05 bits per heavy atom. The third-order valence-corrected chi connectivity index (χ3v) is 3.78. The maximum Gasteiger partial charge on any atom is 0.254 e. The van der Waals surface area contributed by atoms with Gasteiger partial charge in [-0.3, -0.25) is 4.79 Å². The van der Waals surface area contributed by atoms with Crippen LogP contribution in [0.5, 0.6) is 0 Å². The van der Waals surface area contributed by atoms with Gasteiger partial charge in [0.15, 0.2) is 0 Å². The van der Waals surface area contributed by atoms with Gasteiger partial charge >= 0.3 is 0 Å². The van der Waals surface area contributed by atoms with Crippen LogP contribution in [-0.4, -0.2) is 60.5 Å². The number of nitrogens with one attached hydrogen (secondary N) is 1. The average Bonchev–Trinajstić information content (AvgIpc) is 2.92. The topological polar surface area (TPSA) is 48.5 Å². The van der Waals surface area contributed by atoms with Gasteiger partial charge in [-0.05, 0) is 45.5 Å². The van der Waals surface area contributed by atoms with E-state index in [4.69, 9.17) is 0 Å². The lowest BCUT2D eigenvalue weighted by molar-refractivity contribution is 0.0716. The molecule has 1 saturated heterocycles. The Morgan fingerprint density at radius 2 is 2.33 bits per heavy atom. The second kappa shape index (κ2) is 7.41. The Bertz CT molecular complexity index is 475. The molecule has 1 aliphatic heterocycles. The number of pyridine rings is 1. The Hall–Kier alpha value is -1.62. The molecule has 1 unspecified atom stereocenters. The molecule has 1 fully saturated rings. The molecule has 1 atom stereocenters. The molecule has 0 spiro atoms. The van der Waals surface area contributed by atoms with Gasteiger partial charge in [0.05, 0.1) is 0 Å². The van der Waals surface area contributed by atoms with Crippen molar-refractivity contribution in [2.45, 2.75) is 32.2 Å². The highest BCUT2D eigenvalue weighted by molar-refractivity contribution is 5.95. The van der Waals surface area contributed by atoms with Gasteiger partial charge in [-0.25, -0.2) is 4.98 Å². The predicted octanol–water partition coefficient (Wildman–Crippen LogP) is 2.07. The van der Waals surface area contributed by atoms with Crippen LogP contribution in [0, 0.1) is 0 Å². The van der Waals surface area contributed by atoms with Gasteiger partial charge in [0.2, 0.25) is 0 Å². The summed E-state index contributed by atoms with van der Waals surface area (Å²) in [5, 5.41) is 3.23. The van der Waals surface area contributed by atoms with Gasteiger partial charge in [0.1, 0.15) is 5.82 Å². The van der Waals surface area contributed by atoms with Crippen LogP contribution in [0.25, 0.3) is 0 Å². The highest BCUT2D eigenvalue weighted by Gasteiger charge is 2.29. The molecule has 2 heterocycles. The molecule has 0 saturated carbocycles. The van der Waals surface area contributed by atoms with Crippen molar-refractivity contribution in [3.63, 3.8) is 0 Å². The van der Waals surface area contributed by atoms with Crippen molar-refractivity contribution in [1.29, 1.82) is 0 Å². The summed E-state index contributed by atoms with van der Waals surface area (Å²) in [6.07, 6.45) is 4.94. The first-order valence-corrected chi connectivity index (χ1v) is 7.77. The molecule has 1 aromatic rings. The summed E-state index contributed by atoms with van der Waals surface area (Å²) in [5.41, 5.74) is 0.731. The zero-order chi connectivity index (χ0) is 15.2. The number of carbonyl (C=O) groups excluding carboxylic acids is 1. The molecule has 116 valence electrons. The summed E-state index contributed by atoms with van der Waals surface area (Å²) in [7, 11) is 4.11. The van der Waals surface area contributed by atoms with E-state index in [0.29, 0.717) is 6.04 Å². The van der Waals surface area contributed by atoms with Gasteiger partial charge in [-0.1, -0.05) is 6.92 Å². The van der Waals surface area contributed by atoms with Crippen molar-refractivity contribution in [3.05, 3.63) is 23.9 Å². The summed E-state index contributed by atoms with van der Waals surface area (Å²) in [4.78, 5) is 21.1. The molecule has 1 aromatic heterocycles.